The first-order valence-corrected chi connectivity index (χ1v) is 5.79. The number of hydrogen-bond donors (Lipinski definition) is 1. The third kappa shape index (κ3) is 1.72. The quantitative estimate of drug-likeness (QED) is 0.829. The monoisotopic (exact) mass is 240 g/mol. The van der Waals surface area contributed by atoms with Gasteiger partial charge in [-0.2, -0.15) is 0 Å². The van der Waals surface area contributed by atoms with Crippen LogP contribution in [-0.4, -0.2) is 22.5 Å². The number of nitrogens with zero attached hydrogens (tertiary/aromatic N) is 2. The van der Waals surface area contributed by atoms with Crippen molar-refractivity contribution >= 4 is 11.6 Å². The summed E-state index contributed by atoms with van der Waals surface area (Å²) < 4.78 is 0. The topological polar surface area (TPSA) is 53.4 Å². The minimum absolute atomic E-state index is 0.0255. The average Bonchev–Trinajstić information content (AvgIpc) is 2.40. The number of phenols is 1. The predicted molar refractivity (Wildman–Crippen MR) is 67.7 cm³/mol. The lowest BCUT2D eigenvalue weighted by molar-refractivity contribution is 0.0980. The van der Waals surface area contributed by atoms with E-state index in [1.165, 1.54) is 0 Å². The molecule has 4 heteroatoms. The first-order chi connectivity index (χ1) is 8.75. The number of aromatic hydroxyl groups is 1. The number of amides is 1. The summed E-state index contributed by atoms with van der Waals surface area (Å²) in [4.78, 5) is 18.0. The fourth-order valence-electron chi connectivity index (χ4n) is 2.25. The summed E-state index contributed by atoms with van der Waals surface area (Å²) in [6.45, 7) is 0.624. The van der Waals surface area contributed by atoms with Crippen LogP contribution in [0.15, 0.2) is 42.7 Å². The molecule has 1 aliphatic heterocycles. The molecule has 0 atom stereocenters. The van der Waals surface area contributed by atoms with Crippen molar-refractivity contribution < 1.29 is 9.90 Å². The second-order valence-electron chi connectivity index (χ2n) is 4.25. The molecule has 1 aromatic carbocycles. The number of phenolic OH excluding ortho intramolecular Hbond substituents is 1. The first kappa shape index (κ1) is 10.8. The molecule has 2 aromatic rings. The molecule has 0 fully saturated rings. The maximum absolute atomic E-state index is 12.4. The highest BCUT2D eigenvalue weighted by Gasteiger charge is 2.25. The predicted octanol–water partition coefficient (Wildman–Crippen LogP) is 1.99. The molecule has 18 heavy (non-hydrogen) atoms. The number of aromatic nitrogens is 1. The number of rotatable bonds is 1. The molecule has 0 saturated heterocycles. The molecule has 1 aliphatic rings. The molecule has 0 aliphatic carbocycles. The van der Waals surface area contributed by atoms with Gasteiger partial charge in [-0.3, -0.25) is 9.78 Å². The van der Waals surface area contributed by atoms with E-state index in [2.05, 4.69) is 4.98 Å². The second kappa shape index (κ2) is 4.14. The largest absolute Gasteiger partial charge is 0.508 e. The Hall–Kier alpha value is -2.36. The van der Waals surface area contributed by atoms with E-state index in [0.29, 0.717) is 12.1 Å². The molecule has 1 aromatic heterocycles. The molecule has 0 bridgehead atoms. The Morgan fingerprint density at radius 3 is 2.72 bits per heavy atom. The fourth-order valence-corrected chi connectivity index (χ4v) is 2.25. The van der Waals surface area contributed by atoms with Gasteiger partial charge in [0.1, 0.15) is 5.75 Å². The molecule has 0 radical (unpaired) electrons. The van der Waals surface area contributed by atoms with Crippen molar-refractivity contribution in [3.05, 3.63) is 53.9 Å². The van der Waals surface area contributed by atoms with Gasteiger partial charge in [-0.25, -0.2) is 0 Å². The highest BCUT2D eigenvalue weighted by molar-refractivity contribution is 6.08. The van der Waals surface area contributed by atoms with Gasteiger partial charge >= 0.3 is 0 Å². The second-order valence-corrected chi connectivity index (χ2v) is 4.25. The number of pyridine rings is 1. The molecule has 0 spiro atoms. The minimum atomic E-state index is -0.0255. The van der Waals surface area contributed by atoms with Crippen LogP contribution in [0.3, 0.4) is 0 Å². The smallest absolute Gasteiger partial charge is 0.258 e. The summed E-state index contributed by atoms with van der Waals surface area (Å²) in [5.74, 6) is 0.182. The van der Waals surface area contributed by atoms with E-state index in [9.17, 15) is 9.90 Å². The van der Waals surface area contributed by atoms with Crippen LogP contribution in [0.4, 0.5) is 5.69 Å². The molecule has 3 rings (SSSR count). The number of carbonyl (C=O) groups is 1. The van der Waals surface area contributed by atoms with Crippen LogP contribution in [0.25, 0.3) is 0 Å². The summed E-state index contributed by atoms with van der Waals surface area (Å²) in [7, 11) is 0. The Bertz CT molecular complexity index is 596. The van der Waals surface area contributed by atoms with Crippen LogP contribution in [0.2, 0.25) is 0 Å². The summed E-state index contributed by atoms with van der Waals surface area (Å²) in [5, 5.41) is 9.42. The minimum Gasteiger partial charge on any atom is -0.508 e. The zero-order valence-corrected chi connectivity index (χ0v) is 9.71. The van der Waals surface area contributed by atoms with Crippen molar-refractivity contribution in [3.63, 3.8) is 0 Å². The molecule has 2 heterocycles. The molecule has 0 unspecified atom stereocenters. The van der Waals surface area contributed by atoms with Gasteiger partial charge in [-0.15, -0.1) is 0 Å². The standard InChI is InChI=1S/C14H12N2O2/c17-12-1-2-13-10(9-12)5-8-16(14(13)18)11-3-6-15-7-4-11/h1-4,6-7,9,17H,5,8H2. The number of carbonyl (C=O) groups excluding carboxylic acids is 1. The van der Waals surface area contributed by atoms with Crippen molar-refractivity contribution in [2.45, 2.75) is 6.42 Å². The summed E-state index contributed by atoms with van der Waals surface area (Å²) in [5.41, 5.74) is 2.43. The molecular weight excluding hydrogens is 228 g/mol. The SMILES string of the molecule is O=C1c2ccc(O)cc2CCN1c1ccncc1. The maximum Gasteiger partial charge on any atom is 0.258 e. The lowest BCUT2D eigenvalue weighted by atomic mass is 9.98. The van der Waals surface area contributed by atoms with E-state index in [-0.39, 0.29) is 11.7 Å². The van der Waals surface area contributed by atoms with Gasteiger partial charge in [0, 0.05) is 30.2 Å². The van der Waals surface area contributed by atoms with Crippen molar-refractivity contribution in [2.24, 2.45) is 0 Å². The van der Waals surface area contributed by atoms with Crippen LogP contribution in [0.5, 0.6) is 5.75 Å². The van der Waals surface area contributed by atoms with Crippen LogP contribution in [0.1, 0.15) is 15.9 Å². The highest BCUT2D eigenvalue weighted by atomic mass is 16.3. The van der Waals surface area contributed by atoms with E-state index in [0.717, 1.165) is 17.7 Å². The van der Waals surface area contributed by atoms with E-state index >= 15 is 0 Å². The number of benzene rings is 1. The van der Waals surface area contributed by atoms with Crippen molar-refractivity contribution in [1.29, 1.82) is 0 Å². The zero-order chi connectivity index (χ0) is 12.5. The number of hydrogen-bond acceptors (Lipinski definition) is 3. The maximum atomic E-state index is 12.4. The van der Waals surface area contributed by atoms with E-state index in [1.54, 1.807) is 35.5 Å². The van der Waals surface area contributed by atoms with Crippen LogP contribution in [0, 0.1) is 0 Å². The zero-order valence-electron chi connectivity index (χ0n) is 9.71. The molecule has 90 valence electrons. The third-order valence-electron chi connectivity index (χ3n) is 3.14. The van der Waals surface area contributed by atoms with Gasteiger partial charge in [-0.05, 0) is 42.3 Å². The van der Waals surface area contributed by atoms with Gasteiger partial charge in [0.25, 0.3) is 5.91 Å². The first-order valence-electron chi connectivity index (χ1n) is 5.79. The van der Waals surface area contributed by atoms with Gasteiger partial charge < -0.3 is 10.0 Å². The van der Waals surface area contributed by atoms with Crippen molar-refractivity contribution in [1.82, 2.24) is 4.98 Å². The summed E-state index contributed by atoms with van der Waals surface area (Å²) in [6, 6.07) is 8.54. The van der Waals surface area contributed by atoms with Gasteiger partial charge in [-0.1, -0.05) is 0 Å². The normalized spacial score (nSPS) is 14.4. The van der Waals surface area contributed by atoms with E-state index in [4.69, 9.17) is 0 Å². The Kier molecular flexibility index (Phi) is 2.48. The van der Waals surface area contributed by atoms with Gasteiger partial charge in [0.05, 0.1) is 0 Å². The lowest BCUT2D eigenvalue weighted by Crippen LogP contribution is -2.37. The average molecular weight is 240 g/mol. The Labute approximate surface area is 105 Å². The molecule has 1 amide bonds. The van der Waals surface area contributed by atoms with Crippen LogP contribution >= 0.6 is 0 Å². The van der Waals surface area contributed by atoms with Crippen molar-refractivity contribution in [2.75, 3.05) is 11.4 Å². The fraction of sp³-hybridized carbons (Fsp3) is 0.143. The number of anilines is 1. The Balaban J connectivity index is 2.00. The van der Waals surface area contributed by atoms with Gasteiger partial charge in [0.2, 0.25) is 0 Å². The molecule has 0 saturated carbocycles. The highest BCUT2D eigenvalue weighted by Crippen LogP contribution is 2.26. The summed E-state index contributed by atoms with van der Waals surface area (Å²) in [6.07, 6.45) is 4.10. The van der Waals surface area contributed by atoms with Crippen molar-refractivity contribution in [3.8, 4) is 5.75 Å². The molecule has 4 nitrogen and oxygen atoms in total. The van der Waals surface area contributed by atoms with Gasteiger partial charge in [0.15, 0.2) is 0 Å². The lowest BCUT2D eigenvalue weighted by Gasteiger charge is -2.28. The molecular formula is C14H12N2O2. The Morgan fingerprint density at radius 1 is 1.17 bits per heavy atom. The molecule has 1 N–H and O–H groups in total. The Morgan fingerprint density at radius 2 is 1.94 bits per heavy atom. The summed E-state index contributed by atoms with van der Waals surface area (Å²) >= 11 is 0. The number of fused-ring (bicyclic) bond motifs is 1. The van der Waals surface area contributed by atoms with Crippen LogP contribution in [-0.2, 0) is 6.42 Å². The van der Waals surface area contributed by atoms with Crippen LogP contribution < -0.4 is 4.90 Å². The third-order valence-corrected chi connectivity index (χ3v) is 3.14. The van der Waals surface area contributed by atoms with E-state index < -0.39 is 0 Å². The van der Waals surface area contributed by atoms with E-state index in [1.807, 2.05) is 12.1 Å².